The molecule has 2 amide bonds. The Morgan fingerprint density at radius 2 is 2.11 bits per heavy atom. The van der Waals surface area contributed by atoms with E-state index in [0.29, 0.717) is 0 Å². The van der Waals surface area contributed by atoms with Crippen molar-refractivity contribution in [2.24, 2.45) is 0 Å². The molecule has 0 radical (unpaired) electrons. The molecule has 0 aromatic carbocycles. The van der Waals surface area contributed by atoms with Crippen molar-refractivity contribution in [1.29, 1.82) is 0 Å². The number of likely N-dealkylation sites (N-methyl/N-ethyl adjacent to an activating group) is 1. The van der Waals surface area contributed by atoms with Crippen LogP contribution in [0.3, 0.4) is 0 Å². The van der Waals surface area contributed by atoms with Gasteiger partial charge in [-0.25, -0.2) is 4.79 Å². The lowest BCUT2D eigenvalue weighted by Gasteiger charge is -2.01. The van der Waals surface area contributed by atoms with Crippen LogP contribution in [-0.4, -0.2) is 31.1 Å². The fourth-order valence-corrected chi connectivity index (χ4v) is 0.567. The normalized spacial score (nSPS) is 16.3. The van der Waals surface area contributed by atoms with Crippen molar-refractivity contribution in [1.82, 2.24) is 10.2 Å². The maximum Gasteiger partial charge on any atom is 0.317 e. The molecule has 3 heteroatoms. The van der Waals surface area contributed by atoms with Gasteiger partial charge in [-0.05, 0) is 0 Å². The molecule has 1 rings (SSSR count). The van der Waals surface area contributed by atoms with Crippen LogP contribution in [0.2, 0.25) is 0 Å². The van der Waals surface area contributed by atoms with Gasteiger partial charge >= 0.3 is 6.03 Å². The zero-order chi connectivity index (χ0) is 7.28. The van der Waals surface area contributed by atoms with E-state index in [2.05, 4.69) is 5.32 Å². The summed E-state index contributed by atoms with van der Waals surface area (Å²) in [4.78, 5) is 12.0. The van der Waals surface area contributed by atoms with E-state index < -0.39 is 0 Å². The molecule has 1 fully saturated rings. The first-order valence-corrected chi connectivity index (χ1v) is 3.29. The summed E-state index contributed by atoms with van der Waals surface area (Å²) >= 11 is 0. The number of amides is 2. The fourth-order valence-electron chi connectivity index (χ4n) is 0.567. The first-order valence-electron chi connectivity index (χ1n) is 3.29. The lowest BCUT2D eigenvalue weighted by Crippen LogP contribution is -2.23. The van der Waals surface area contributed by atoms with E-state index in [4.69, 9.17) is 0 Å². The monoisotopic (exact) mass is 130 g/mol. The summed E-state index contributed by atoms with van der Waals surface area (Å²) in [6.45, 7) is 5.65. The highest BCUT2D eigenvalue weighted by molar-refractivity contribution is 5.75. The summed E-state index contributed by atoms with van der Waals surface area (Å²) in [6, 6.07) is 0.0417. The smallest absolute Gasteiger partial charge is 0.317 e. The number of nitrogens with one attached hydrogen (secondary N) is 1. The summed E-state index contributed by atoms with van der Waals surface area (Å²) in [5.41, 5.74) is 0. The largest absolute Gasteiger partial charge is 0.336 e. The van der Waals surface area contributed by atoms with Crippen LogP contribution in [0.25, 0.3) is 0 Å². The SMILES string of the molecule is CC.CN1CCNC1=O. The van der Waals surface area contributed by atoms with Gasteiger partial charge in [0.25, 0.3) is 0 Å². The average Bonchev–Trinajstić information content (AvgIpc) is 2.23. The van der Waals surface area contributed by atoms with Crippen LogP contribution < -0.4 is 5.32 Å². The third-order valence-corrected chi connectivity index (χ3v) is 1.07. The molecule has 1 aliphatic rings. The number of carbonyl (C=O) groups is 1. The second-order valence-corrected chi connectivity index (χ2v) is 1.65. The average molecular weight is 130 g/mol. The standard InChI is InChI=1S/C4H8N2O.C2H6/c1-6-3-2-5-4(6)7;1-2/h2-3H2,1H3,(H,5,7);1-2H3. The maximum absolute atomic E-state index is 10.4. The van der Waals surface area contributed by atoms with Crippen LogP contribution in [-0.2, 0) is 0 Å². The van der Waals surface area contributed by atoms with Crippen LogP contribution in [0.15, 0.2) is 0 Å². The summed E-state index contributed by atoms with van der Waals surface area (Å²) < 4.78 is 0. The Balaban J connectivity index is 0.000000291. The second-order valence-electron chi connectivity index (χ2n) is 1.65. The number of urea groups is 1. The van der Waals surface area contributed by atoms with E-state index in [1.807, 2.05) is 13.8 Å². The molecule has 0 atom stereocenters. The Morgan fingerprint density at radius 3 is 2.22 bits per heavy atom. The number of rotatable bonds is 0. The number of carbonyl (C=O) groups excluding carboxylic acids is 1. The van der Waals surface area contributed by atoms with E-state index in [9.17, 15) is 4.79 Å². The zero-order valence-corrected chi connectivity index (χ0v) is 6.27. The molecule has 54 valence electrons. The predicted octanol–water partition coefficient (Wildman–Crippen LogP) is 0.668. The Labute approximate surface area is 56.0 Å². The minimum atomic E-state index is 0.0417. The fraction of sp³-hybridized carbons (Fsp3) is 0.833. The third-order valence-electron chi connectivity index (χ3n) is 1.07. The highest BCUT2D eigenvalue weighted by atomic mass is 16.2. The Bertz CT molecular complexity index is 93.1. The summed E-state index contributed by atoms with van der Waals surface area (Å²) in [7, 11) is 1.78. The molecule has 3 nitrogen and oxygen atoms in total. The predicted molar refractivity (Wildman–Crippen MR) is 37.4 cm³/mol. The lowest BCUT2D eigenvalue weighted by molar-refractivity contribution is 0.226. The minimum absolute atomic E-state index is 0.0417. The van der Waals surface area contributed by atoms with E-state index in [-0.39, 0.29) is 6.03 Å². The number of hydrogen-bond acceptors (Lipinski definition) is 1. The first kappa shape index (κ1) is 8.27. The van der Waals surface area contributed by atoms with Crippen LogP contribution in [0.5, 0.6) is 0 Å². The van der Waals surface area contributed by atoms with Crippen molar-refractivity contribution in [3.05, 3.63) is 0 Å². The molecule has 9 heavy (non-hydrogen) atoms. The van der Waals surface area contributed by atoms with E-state index in [1.165, 1.54) is 0 Å². The van der Waals surface area contributed by atoms with E-state index in [0.717, 1.165) is 13.1 Å². The van der Waals surface area contributed by atoms with Crippen molar-refractivity contribution in [2.75, 3.05) is 20.1 Å². The van der Waals surface area contributed by atoms with Crippen molar-refractivity contribution in [3.8, 4) is 0 Å². The molecule has 0 aromatic heterocycles. The van der Waals surface area contributed by atoms with Gasteiger partial charge in [-0.1, -0.05) is 13.8 Å². The van der Waals surface area contributed by atoms with Crippen molar-refractivity contribution >= 4 is 6.03 Å². The molecule has 1 N–H and O–H groups in total. The lowest BCUT2D eigenvalue weighted by atomic mass is 10.7. The molecule has 0 bridgehead atoms. The molecule has 0 saturated carbocycles. The Morgan fingerprint density at radius 1 is 1.56 bits per heavy atom. The van der Waals surface area contributed by atoms with Gasteiger partial charge < -0.3 is 10.2 Å². The first-order chi connectivity index (χ1) is 4.30. The Hall–Kier alpha value is -0.730. The highest BCUT2D eigenvalue weighted by Gasteiger charge is 2.12. The van der Waals surface area contributed by atoms with Crippen LogP contribution in [0.1, 0.15) is 13.8 Å². The quantitative estimate of drug-likeness (QED) is 0.513. The molecule has 0 spiro atoms. The van der Waals surface area contributed by atoms with Gasteiger partial charge in [0.1, 0.15) is 0 Å². The summed E-state index contributed by atoms with van der Waals surface area (Å²) in [5, 5.41) is 2.66. The zero-order valence-electron chi connectivity index (χ0n) is 6.27. The van der Waals surface area contributed by atoms with Gasteiger partial charge in [-0.2, -0.15) is 0 Å². The Kier molecular flexibility index (Phi) is 3.84. The van der Waals surface area contributed by atoms with Crippen molar-refractivity contribution in [2.45, 2.75) is 13.8 Å². The number of hydrogen-bond donors (Lipinski definition) is 1. The summed E-state index contributed by atoms with van der Waals surface area (Å²) in [5.74, 6) is 0. The van der Waals surface area contributed by atoms with Gasteiger partial charge in [-0.15, -0.1) is 0 Å². The summed E-state index contributed by atoms with van der Waals surface area (Å²) in [6.07, 6.45) is 0. The topological polar surface area (TPSA) is 32.3 Å². The molecule has 1 aliphatic heterocycles. The van der Waals surface area contributed by atoms with Gasteiger partial charge in [0, 0.05) is 20.1 Å². The van der Waals surface area contributed by atoms with Crippen LogP contribution >= 0.6 is 0 Å². The van der Waals surface area contributed by atoms with Gasteiger partial charge in [-0.3, -0.25) is 0 Å². The highest BCUT2D eigenvalue weighted by Crippen LogP contribution is 1.88. The van der Waals surface area contributed by atoms with Crippen molar-refractivity contribution in [3.63, 3.8) is 0 Å². The van der Waals surface area contributed by atoms with Crippen LogP contribution in [0, 0.1) is 0 Å². The van der Waals surface area contributed by atoms with Crippen LogP contribution in [0.4, 0.5) is 4.79 Å². The molecule has 0 aromatic rings. The van der Waals surface area contributed by atoms with Gasteiger partial charge in [0.15, 0.2) is 0 Å². The van der Waals surface area contributed by atoms with E-state index >= 15 is 0 Å². The molecule has 0 aliphatic carbocycles. The maximum atomic E-state index is 10.4. The minimum Gasteiger partial charge on any atom is -0.336 e. The van der Waals surface area contributed by atoms with E-state index in [1.54, 1.807) is 11.9 Å². The van der Waals surface area contributed by atoms with Gasteiger partial charge in [0.2, 0.25) is 0 Å². The molecular weight excluding hydrogens is 116 g/mol. The molecule has 1 heterocycles. The third kappa shape index (κ3) is 2.35. The molecule has 1 saturated heterocycles. The molecular formula is C6H14N2O. The molecule has 0 unspecified atom stereocenters. The van der Waals surface area contributed by atoms with Gasteiger partial charge in [0.05, 0.1) is 0 Å². The van der Waals surface area contributed by atoms with Crippen molar-refractivity contribution < 1.29 is 4.79 Å². The second kappa shape index (κ2) is 4.18. The number of nitrogens with zero attached hydrogens (tertiary/aromatic N) is 1.